The van der Waals surface area contributed by atoms with Crippen LogP contribution in [0, 0.1) is 13.8 Å². The first-order valence-corrected chi connectivity index (χ1v) is 10.9. The van der Waals surface area contributed by atoms with Gasteiger partial charge in [0.2, 0.25) is 5.91 Å². The summed E-state index contributed by atoms with van der Waals surface area (Å²) in [6, 6.07) is 20.7. The maximum Gasteiger partial charge on any atom is 0.322 e. The van der Waals surface area contributed by atoms with Gasteiger partial charge in [-0.3, -0.25) is 4.79 Å². The first-order chi connectivity index (χ1) is 15.9. The number of amides is 3. The number of ether oxygens (including phenoxy) is 1. The van der Waals surface area contributed by atoms with E-state index in [0.717, 1.165) is 16.9 Å². The summed E-state index contributed by atoms with van der Waals surface area (Å²) in [5.74, 6) is 1.31. The summed E-state index contributed by atoms with van der Waals surface area (Å²) in [6.45, 7) is 5.10. The SMILES string of the molecule is COCCN(CC(=O)N(Cc1ccccc1)Cc1ccc(C)o1)C(=O)Nc1cccc(C)c1. The Morgan fingerprint density at radius 2 is 1.73 bits per heavy atom. The van der Waals surface area contributed by atoms with Crippen molar-refractivity contribution >= 4 is 17.6 Å². The second-order valence-corrected chi connectivity index (χ2v) is 7.96. The fourth-order valence-electron chi connectivity index (χ4n) is 3.44. The third-order valence-electron chi connectivity index (χ3n) is 5.16. The monoisotopic (exact) mass is 449 g/mol. The maximum absolute atomic E-state index is 13.4. The Hall–Kier alpha value is -3.58. The fourth-order valence-corrected chi connectivity index (χ4v) is 3.44. The summed E-state index contributed by atoms with van der Waals surface area (Å²) in [7, 11) is 1.57. The van der Waals surface area contributed by atoms with Gasteiger partial charge in [-0.15, -0.1) is 0 Å². The molecule has 7 heteroatoms. The quantitative estimate of drug-likeness (QED) is 0.491. The second kappa shape index (κ2) is 11.9. The van der Waals surface area contributed by atoms with Crippen LogP contribution in [0.15, 0.2) is 71.1 Å². The lowest BCUT2D eigenvalue weighted by Crippen LogP contribution is -2.45. The zero-order valence-electron chi connectivity index (χ0n) is 19.4. The number of nitrogens with one attached hydrogen (secondary N) is 1. The topological polar surface area (TPSA) is 75.0 Å². The Balaban J connectivity index is 1.75. The van der Waals surface area contributed by atoms with Gasteiger partial charge in [-0.1, -0.05) is 42.5 Å². The molecule has 0 unspecified atom stereocenters. The largest absolute Gasteiger partial charge is 0.464 e. The van der Waals surface area contributed by atoms with Crippen molar-refractivity contribution < 1.29 is 18.7 Å². The fraction of sp³-hybridized carbons (Fsp3) is 0.308. The summed E-state index contributed by atoms with van der Waals surface area (Å²) in [5.41, 5.74) is 2.72. The van der Waals surface area contributed by atoms with E-state index in [-0.39, 0.29) is 18.5 Å². The highest BCUT2D eigenvalue weighted by Crippen LogP contribution is 2.15. The van der Waals surface area contributed by atoms with E-state index in [9.17, 15) is 9.59 Å². The van der Waals surface area contributed by atoms with E-state index < -0.39 is 0 Å². The Labute approximate surface area is 194 Å². The summed E-state index contributed by atoms with van der Waals surface area (Å²) in [4.78, 5) is 29.5. The predicted octanol–water partition coefficient (Wildman–Crippen LogP) is 4.61. The molecule has 0 spiro atoms. The lowest BCUT2D eigenvalue weighted by atomic mass is 10.2. The molecule has 1 heterocycles. The zero-order chi connectivity index (χ0) is 23.6. The van der Waals surface area contributed by atoms with E-state index in [1.165, 1.54) is 4.90 Å². The van der Waals surface area contributed by atoms with E-state index in [4.69, 9.17) is 9.15 Å². The van der Waals surface area contributed by atoms with Gasteiger partial charge in [-0.25, -0.2) is 4.79 Å². The minimum atomic E-state index is -0.348. The van der Waals surface area contributed by atoms with Crippen molar-refractivity contribution in [2.45, 2.75) is 26.9 Å². The molecule has 33 heavy (non-hydrogen) atoms. The molecule has 0 saturated heterocycles. The molecule has 0 bridgehead atoms. The van der Waals surface area contributed by atoms with Crippen LogP contribution in [-0.2, 0) is 22.6 Å². The number of carbonyl (C=O) groups excluding carboxylic acids is 2. The molecule has 2 aromatic carbocycles. The lowest BCUT2D eigenvalue weighted by Gasteiger charge is -2.27. The number of nitrogens with zero attached hydrogens (tertiary/aromatic N) is 2. The third kappa shape index (κ3) is 7.50. The Kier molecular flexibility index (Phi) is 8.66. The maximum atomic E-state index is 13.4. The molecule has 0 fully saturated rings. The standard InChI is InChI=1S/C26H31N3O4/c1-20-8-7-11-23(16-20)27-26(31)28(14-15-32-3)19-25(30)29(17-22-9-5-4-6-10-22)18-24-13-12-21(2)33-24/h4-13,16H,14-15,17-19H2,1-3H3,(H,27,31). The van der Waals surface area contributed by atoms with Gasteiger partial charge in [-0.2, -0.15) is 0 Å². The molecular weight excluding hydrogens is 418 g/mol. The number of methoxy groups -OCH3 is 1. The summed E-state index contributed by atoms with van der Waals surface area (Å²) < 4.78 is 10.9. The van der Waals surface area contributed by atoms with Gasteiger partial charge in [0.15, 0.2) is 0 Å². The molecule has 0 aliphatic heterocycles. The van der Waals surface area contributed by atoms with E-state index in [2.05, 4.69) is 5.32 Å². The highest BCUT2D eigenvalue weighted by molar-refractivity contribution is 5.92. The Morgan fingerprint density at radius 3 is 2.39 bits per heavy atom. The zero-order valence-corrected chi connectivity index (χ0v) is 19.4. The van der Waals surface area contributed by atoms with Gasteiger partial charge in [0.1, 0.15) is 18.1 Å². The van der Waals surface area contributed by atoms with Gasteiger partial charge in [0.05, 0.1) is 13.2 Å². The molecule has 0 saturated carbocycles. The van der Waals surface area contributed by atoms with E-state index in [1.807, 2.05) is 80.6 Å². The molecule has 3 amide bonds. The highest BCUT2D eigenvalue weighted by atomic mass is 16.5. The van der Waals surface area contributed by atoms with E-state index >= 15 is 0 Å². The van der Waals surface area contributed by atoms with Crippen molar-refractivity contribution in [3.63, 3.8) is 0 Å². The number of hydrogen-bond acceptors (Lipinski definition) is 4. The first kappa shape index (κ1) is 24.1. The average Bonchev–Trinajstić information content (AvgIpc) is 3.21. The minimum absolute atomic E-state index is 0.0759. The summed E-state index contributed by atoms with van der Waals surface area (Å²) >= 11 is 0. The normalized spacial score (nSPS) is 10.6. The number of benzene rings is 2. The number of furan rings is 1. The number of anilines is 1. The Morgan fingerprint density at radius 1 is 0.939 bits per heavy atom. The number of rotatable bonds is 10. The smallest absolute Gasteiger partial charge is 0.322 e. The number of carbonyl (C=O) groups is 2. The van der Waals surface area contributed by atoms with Crippen LogP contribution in [0.25, 0.3) is 0 Å². The van der Waals surface area contributed by atoms with Crippen LogP contribution in [-0.4, -0.2) is 48.5 Å². The van der Waals surface area contributed by atoms with E-state index in [0.29, 0.717) is 37.7 Å². The minimum Gasteiger partial charge on any atom is -0.464 e. The van der Waals surface area contributed by atoms with Gasteiger partial charge < -0.3 is 24.3 Å². The van der Waals surface area contributed by atoms with Crippen LogP contribution in [0.4, 0.5) is 10.5 Å². The molecule has 0 radical (unpaired) electrons. The second-order valence-electron chi connectivity index (χ2n) is 7.96. The van der Waals surface area contributed by atoms with Crippen molar-refractivity contribution in [3.05, 3.63) is 89.4 Å². The van der Waals surface area contributed by atoms with Gasteiger partial charge >= 0.3 is 6.03 Å². The summed E-state index contributed by atoms with van der Waals surface area (Å²) in [6.07, 6.45) is 0. The lowest BCUT2D eigenvalue weighted by molar-refractivity contribution is -0.133. The molecule has 3 rings (SSSR count). The van der Waals surface area contributed by atoms with Crippen molar-refractivity contribution in [3.8, 4) is 0 Å². The molecular formula is C26H31N3O4. The highest BCUT2D eigenvalue weighted by Gasteiger charge is 2.23. The number of urea groups is 1. The average molecular weight is 450 g/mol. The van der Waals surface area contributed by atoms with Gasteiger partial charge in [0.25, 0.3) is 0 Å². The van der Waals surface area contributed by atoms with Crippen molar-refractivity contribution in [1.29, 1.82) is 0 Å². The Bertz CT molecular complexity index is 1050. The van der Waals surface area contributed by atoms with Crippen LogP contribution in [0.2, 0.25) is 0 Å². The first-order valence-electron chi connectivity index (χ1n) is 10.9. The van der Waals surface area contributed by atoms with Gasteiger partial charge in [-0.05, 0) is 49.2 Å². The molecule has 174 valence electrons. The number of aryl methyl sites for hydroxylation is 2. The van der Waals surface area contributed by atoms with Crippen LogP contribution in [0.3, 0.4) is 0 Å². The van der Waals surface area contributed by atoms with Crippen LogP contribution in [0.1, 0.15) is 22.6 Å². The third-order valence-corrected chi connectivity index (χ3v) is 5.16. The number of hydrogen-bond donors (Lipinski definition) is 1. The molecule has 0 atom stereocenters. The van der Waals surface area contributed by atoms with Crippen molar-refractivity contribution in [2.75, 3.05) is 32.1 Å². The summed E-state index contributed by atoms with van der Waals surface area (Å²) in [5, 5.41) is 2.88. The predicted molar refractivity (Wildman–Crippen MR) is 128 cm³/mol. The van der Waals surface area contributed by atoms with Crippen LogP contribution < -0.4 is 5.32 Å². The van der Waals surface area contributed by atoms with Crippen molar-refractivity contribution in [2.24, 2.45) is 0 Å². The van der Waals surface area contributed by atoms with Gasteiger partial charge in [0, 0.05) is 25.9 Å². The molecule has 7 nitrogen and oxygen atoms in total. The van der Waals surface area contributed by atoms with Crippen molar-refractivity contribution in [1.82, 2.24) is 9.80 Å². The molecule has 0 aliphatic carbocycles. The molecule has 1 aromatic heterocycles. The molecule has 3 aromatic rings. The molecule has 1 N–H and O–H groups in total. The van der Waals surface area contributed by atoms with E-state index in [1.54, 1.807) is 12.0 Å². The molecule has 0 aliphatic rings. The van der Waals surface area contributed by atoms with Crippen LogP contribution >= 0.6 is 0 Å². The van der Waals surface area contributed by atoms with Crippen LogP contribution in [0.5, 0.6) is 0 Å².